The zero-order valence-corrected chi connectivity index (χ0v) is 13.1. The molecule has 0 fully saturated rings. The molecule has 0 aliphatic rings. The summed E-state index contributed by atoms with van der Waals surface area (Å²) in [6.07, 6.45) is 0. The van der Waals surface area contributed by atoms with Gasteiger partial charge >= 0.3 is 0 Å². The molecular formula is C13H19N3OS2. The molecule has 2 aromatic rings. The zero-order chi connectivity index (χ0) is 13.8. The van der Waals surface area contributed by atoms with Crippen LogP contribution in [0.4, 0.5) is 0 Å². The smallest absolute Gasteiger partial charge is 0.195 e. The minimum absolute atomic E-state index is 0.197. The summed E-state index contributed by atoms with van der Waals surface area (Å²) in [4.78, 5) is 1.12. The van der Waals surface area contributed by atoms with Crippen LogP contribution in [0.2, 0.25) is 0 Å². The van der Waals surface area contributed by atoms with Gasteiger partial charge in [0.2, 0.25) is 0 Å². The molecule has 1 unspecified atom stereocenters. The van der Waals surface area contributed by atoms with Crippen LogP contribution in [-0.2, 0) is 4.74 Å². The van der Waals surface area contributed by atoms with Gasteiger partial charge in [0.05, 0.1) is 17.5 Å². The lowest BCUT2D eigenvalue weighted by Crippen LogP contribution is -2.22. The van der Waals surface area contributed by atoms with E-state index < -0.39 is 0 Å². The molecule has 0 amide bonds. The molecule has 0 radical (unpaired) electrons. The normalized spacial score (nSPS) is 13.1. The van der Waals surface area contributed by atoms with Crippen LogP contribution in [0.3, 0.4) is 0 Å². The first kappa shape index (κ1) is 14.4. The lowest BCUT2D eigenvalue weighted by molar-refractivity contribution is 0.0964. The van der Waals surface area contributed by atoms with Crippen LogP contribution in [0.5, 0.6) is 0 Å². The Morgan fingerprint density at radius 1 is 1.53 bits per heavy atom. The largest absolute Gasteiger partial charge is 0.380 e. The number of nitrogens with one attached hydrogen (secondary N) is 1. The monoisotopic (exact) mass is 297 g/mol. The molecule has 0 aromatic carbocycles. The summed E-state index contributed by atoms with van der Waals surface area (Å²) in [6, 6.07) is 4.28. The molecule has 1 N–H and O–H groups in total. The van der Waals surface area contributed by atoms with E-state index in [1.165, 1.54) is 0 Å². The van der Waals surface area contributed by atoms with Crippen LogP contribution in [0, 0.1) is 10.7 Å². The van der Waals surface area contributed by atoms with Crippen molar-refractivity contribution in [1.29, 1.82) is 0 Å². The van der Waals surface area contributed by atoms with E-state index in [4.69, 9.17) is 17.0 Å². The highest BCUT2D eigenvalue weighted by atomic mass is 32.1. The Kier molecular flexibility index (Phi) is 4.90. The van der Waals surface area contributed by atoms with Gasteiger partial charge in [0.25, 0.3) is 0 Å². The minimum atomic E-state index is 0.197. The fourth-order valence-corrected chi connectivity index (χ4v) is 2.97. The average Bonchev–Trinajstić information content (AvgIpc) is 3.00. The molecule has 2 aromatic heterocycles. The molecule has 1 atom stereocenters. The van der Waals surface area contributed by atoms with E-state index in [-0.39, 0.29) is 6.04 Å². The highest BCUT2D eigenvalue weighted by Crippen LogP contribution is 2.28. The number of ether oxygens (including phenoxy) is 1. The van der Waals surface area contributed by atoms with Crippen LogP contribution < -0.4 is 0 Å². The quantitative estimate of drug-likeness (QED) is 0.822. The second-order valence-electron chi connectivity index (χ2n) is 4.67. The predicted octanol–water partition coefficient (Wildman–Crippen LogP) is 3.90. The molecule has 2 rings (SSSR count). The van der Waals surface area contributed by atoms with Crippen molar-refractivity contribution in [3.8, 4) is 10.7 Å². The molecule has 0 saturated carbocycles. The summed E-state index contributed by atoms with van der Waals surface area (Å²) in [5.41, 5.74) is 0. The van der Waals surface area contributed by atoms with E-state index in [1.807, 2.05) is 18.4 Å². The fraction of sp³-hybridized carbons (Fsp3) is 0.538. The van der Waals surface area contributed by atoms with Crippen molar-refractivity contribution >= 4 is 23.6 Å². The van der Waals surface area contributed by atoms with Crippen LogP contribution in [0.25, 0.3) is 10.7 Å². The highest BCUT2D eigenvalue weighted by molar-refractivity contribution is 7.71. The molecule has 2 heterocycles. The Bertz CT molecular complexity index is 557. The van der Waals surface area contributed by atoms with Crippen LogP contribution in [0.15, 0.2) is 17.5 Å². The minimum Gasteiger partial charge on any atom is -0.380 e. The third-order valence-corrected chi connectivity index (χ3v) is 4.19. The highest BCUT2D eigenvalue weighted by Gasteiger charge is 2.21. The second kappa shape index (κ2) is 6.45. The van der Waals surface area contributed by atoms with E-state index in [9.17, 15) is 0 Å². The first-order chi connectivity index (χ1) is 9.15. The summed E-state index contributed by atoms with van der Waals surface area (Å²) in [5.74, 6) is 1.33. The fourth-order valence-electron chi connectivity index (χ4n) is 2.00. The Labute approximate surface area is 122 Å². The van der Waals surface area contributed by atoms with Gasteiger partial charge in [-0.3, -0.25) is 9.67 Å². The van der Waals surface area contributed by atoms with Gasteiger partial charge in [-0.15, -0.1) is 11.3 Å². The zero-order valence-electron chi connectivity index (χ0n) is 11.4. The van der Waals surface area contributed by atoms with Crippen LogP contribution >= 0.6 is 23.6 Å². The summed E-state index contributed by atoms with van der Waals surface area (Å²) < 4.78 is 8.34. The van der Waals surface area contributed by atoms with Crippen molar-refractivity contribution < 1.29 is 4.74 Å². The third kappa shape index (κ3) is 3.13. The maximum Gasteiger partial charge on any atom is 0.195 e. The molecule has 0 bridgehead atoms. The van der Waals surface area contributed by atoms with Crippen LogP contribution in [0.1, 0.15) is 26.8 Å². The van der Waals surface area contributed by atoms with Crippen molar-refractivity contribution in [3.05, 3.63) is 22.3 Å². The van der Waals surface area contributed by atoms with E-state index in [0.29, 0.717) is 23.9 Å². The summed E-state index contributed by atoms with van der Waals surface area (Å²) in [7, 11) is 0. The van der Waals surface area contributed by atoms with E-state index in [2.05, 4.69) is 34.7 Å². The molecule has 4 nitrogen and oxygen atoms in total. The standard InChI is InChI=1S/C13H19N3OS2/c1-4-17-8-10(9(2)3)16-12(14-15-13(16)18)11-6-5-7-19-11/h5-7,9-10H,4,8H2,1-3H3,(H,15,18). The maximum atomic E-state index is 5.60. The van der Waals surface area contributed by atoms with Gasteiger partial charge in [-0.25, -0.2) is 0 Å². The Hall–Kier alpha value is -0.980. The van der Waals surface area contributed by atoms with Crippen molar-refractivity contribution in [2.45, 2.75) is 26.8 Å². The number of rotatable bonds is 6. The molecule has 0 aliphatic carbocycles. The molecule has 0 aliphatic heterocycles. The van der Waals surface area contributed by atoms with Crippen molar-refractivity contribution in [1.82, 2.24) is 14.8 Å². The number of aromatic amines is 1. The van der Waals surface area contributed by atoms with Gasteiger partial charge in [-0.05, 0) is 36.5 Å². The molecular weight excluding hydrogens is 278 g/mol. The SMILES string of the molecule is CCOCC(C(C)C)n1c(-c2cccs2)n[nH]c1=S. The Balaban J connectivity index is 2.41. The van der Waals surface area contributed by atoms with Crippen molar-refractivity contribution in [2.24, 2.45) is 5.92 Å². The molecule has 0 spiro atoms. The average molecular weight is 297 g/mol. The lowest BCUT2D eigenvalue weighted by Gasteiger charge is -2.23. The number of H-pyrrole nitrogens is 1. The van der Waals surface area contributed by atoms with Crippen molar-refractivity contribution in [3.63, 3.8) is 0 Å². The van der Waals surface area contributed by atoms with Crippen LogP contribution in [-0.4, -0.2) is 28.0 Å². The van der Waals surface area contributed by atoms with Gasteiger partial charge in [0.15, 0.2) is 10.6 Å². The molecule has 6 heteroatoms. The maximum absolute atomic E-state index is 5.60. The molecule has 104 valence electrons. The first-order valence-electron chi connectivity index (χ1n) is 6.43. The van der Waals surface area contributed by atoms with Gasteiger partial charge in [0, 0.05) is 6.61 Å². The number of hydrogen-bond donors (Lipinski definition) is 1. The number of thiophene rings is 1. The summed E-state index contributed by atoms with van der Waals surface area (Å²) in [6.45, 7) is 7.72. The van der Waals surface area contributed by atoms with Gasteiger partial charge in [-0.1, -0.05) is 19.9 Å². The van der Waals surface area contributed by atoms with Gasteiger partial charge in [0.1, 0.15) is 0 Å². The molecule has 19 heavy (non-hydrogen) atoms. The summed E-state index contributed by atoms with van der Waals surface area (Å²) >= 11 is 7.05. The van der Waals surface area contributed by atoms with Gasteiger partial charge < -0.3 is 4.74 Å². The van der Waals surface area contributed by atoms with Crippen molar-refractivity contribution in [2.75, 3.05) is 13.2 Å². The van der Waals surface area contributed by atoms with E-state index >= 15 is 0 Å². The number of aromatic nitrogens is 3. The lowest BCUT2D eigenvalue weighted by atomic mass is 10.1. The number of nitrogens with zero attached hydrogens (tertiary/aromatic N) is 2. The molecule has 0 saturated heterocycles. The Morgan fingerprint density at radius 3 is 2.89 bits per heavy atom. The summed E-state index contributed by atoms with van der Waals surface area (Å²) in [5, 5.41) is 9.32. The van der Waals surface area contributed by atoms with E-state index in [0.717, 1.165) is 10.7 Å². The van der Waals surface area contributed by atoms with E-state index in [1.54, 1.807) is 11.3 Å². The third-order valence-electron chi connectivity index (χ3n) is 3.04. The number of hydrogen-bond acceptors (Lipinski definition) is 4. The second-order valence-corrected chi connectivity index (χ2v) is 6.00. The first-order valence-corrected chi connectivity index (χ1v) is 7.72. The predicted molar refractivity (Wildman–Crippen MR) is 81.1 cm³/mol. The topological polar surface area (TPSA) is 42.8 Å². The van der Waals surface area contributed by atoms with Gasteiger partial charge in [-0.2, -0.15) is 5.10 Å². The Morgan fingerprint density at radius 2 is 2.32 bits per heavy atom.